The van der Waals surface area contributed by atoms with Crippen molar-refractivity contribution in [3.05, 3.63) is 69.8 Å². The molecule has 0 spiro atoms. The predicted molar refractivity (Wildman–Crippen MR) is 114 cm³/mol. The summed E-state index contributed by atoms with van der Waals surface area (Å²) < 4.78 is 21.3. The summed E-state index contributed by atoms with van der Waals surface area (Å²) in [7, 11) is 0. The minimum atomic E-state index is -0.588. The van der Waals surface area contributed by atoms with Gasteiger partial charge in [0, 0.05) is 11.8 Å². The number of hydrogen-bond donors (Lipinski definition) is 0. The summed E-state index contributed by atoms with van der Waals surface area (Å²) in [5.41, 5.74) is 3.05. The molecule has 152 valence electrons. The van der Waals surface area contributed by atoms with Crippen molar-refractivity contribution in [1.82, 2.24) is 4.57 Å². The Morgan fingerprint density at radius 2 is 1.83 bits per heavy atom. The Kier molecular flexibility index (Phi) is 6.47. The molecule has 29 heavy (non-hydrogen) atoms. The van der Waals surface area contributed by atoms with E-state index in [1.54, 1.807) is 30.7 Å². The fourth-order valence-electron chi connectivity index (χ4n) is 3.58. The Hall–Kier alpha value is -2.95. The summed E-state index contributed by atoms with van der Waals surface area (Å²) in [5.74, 6) is -1.02. The molecule has 0 atom stereocenters. The van der Waals surface area contributed by atoms with Gasteiger partial charge in [-0.2, -0.15) is 0 Å². The molecule has 3 rings (SSSR count). The number of esters is 1. The number of carbonyl (C=O) groups is 1. The number of halogens is 1. The number of unbranched alkanes of at least 4 members (excludes halogenated alkanes) is 1. The van der Waals surface area contributed by atoms with E-state index in [0.717, 1.165) is 24.8 Å². The highest BCUT2D eigenvalue weighted by Crippen LogP contribution is 2.25. The minimum Gasteiger partial charge on any atom is -0.465 e. The highest BCUT2D eigenvalue weighted by Gasteiger charge is 2.17. The number of fused-ring (bicyclic) bond motifs is 1. The average Bonchev–Trinajstić information content (AvgIpc) is 2.71. The van der Waals surface area contributed by atoms with Gasteiger partial charge in [0.2, 0.25) is 0 Å². The van der Waals surface area contributed by atoms with Crippen LogP contribution in [0, 0.1) is 12.7 Å². The number of benzene rings is 2. The maximum atomic E-state index is 14.7. The lowest BCUT2D eigenvalue weighted by molar-refractivity contribution is -0.143. The Labute approximate surface area is 169 Å². The van der Waals surface area contributed by atoms with Crippen LogP contribution in [0.1, 0.15) is 37.8 Å². The lowest BCUT2D eigenvalue weighted by atomic mass is 10.00. The summed E-state index contributed by atoms with van der Waals surface area (Å²) in [4.78, 5) is 25.3. The molecule has 0 amide bonds. The molecule has 0 aliphatic rings. The molecule has 5 heteroatoms. The molecule has 1 heterocycles. The fraction of sp³-hybridized carbons (Fsp3) is 0.333. The standard InChI is InChI=1S/C24H26FNO3/c1-4-6-7-17-9-11-18(12-10-17)19-14-26(15-21(27)29-5-2)23-16(3)8-13-20(25)22(23)24(19)28/h8-14H,4-7,15H2,1-3H3. The number of aromatic nitrogens is 1. The molecule has 0 aliphatic carbocycles. The third kappa shape index (κ3) is 4.39. The lowest BCUT2D eigenvalue weighted by Gasteiger charge is -2.15. The predicted octanol–water partition coefficient (Wildman–Crippen LogP) is 5.02. The van der Waals surface area contributed by atoms with E-state index in [0.29, 0.717) is 16.6 Å². The number of hydrogen-bond acceptors (Lipinski definition) is 3. The molecule has 0 saturated carbocycles. The first-order chi connectivity index (χ1) is 14.0. The van der Waals surface area contributed by atoms with Gasteiger partial charge in [-0.05, 0) is 49.4 Å². The number of ether oxygens (including phenoxy) is 1. The van der Waals surface area contributed by atoms with Gasteiger partial charge in [0.15, 0.2) is 5.43 Å². The first-order valence-corrected chi connectivity index (χ1v) is 10.0. The zero-order valence-corrected chi connectivity index (χ0v) is 17.1. The highest BCUT2D eigenvalue weighted by atomic mass is 19.1. The topological polar surface area (TPSA) is 48.3 Å². The first kappa shape index (κ1) is 20.8. The first-order valence-electron chi connectivity index (χ1n) is 10.0. The van der Waals surface area contributed by atoms with Crippen LogP contribution in [-0.2, 0) is 22.5 Å². The van der Waals surface area contributed by atoms with Crippen LogP contribution in [0.25, 0.3) is 22.0 Å². The number of pyridine rings is 1. The maximum Gasteiger partial charge on any atom is 0.325 e. The third-order valence-corrected chi connectivity index (χ3v) is 5.06. The van der Waals surface area contributed by atoms with Crippen molar-refractivity contribution in [3.63, 3.8) is 0 Å². The van der Waals surface area contributed by atoms with Crippen molar-refractivity contribution >= 4 is 16.9 Å². The molecule has 0 fully saturated rings. The number of aryl methyl sites for hydroxylation is 2. The fourth-order valence-corrected chi connectivity index (χ4v) is 3.58. The van der Waals surface area contributed by atoms with Crippen molar-refractivity contribution in [2.45, 2.75) is 46.6 Å². The van der Waals surface area contributed by atoms with Gasteiger partial charge < -0.3 is 9.30 Å². The Morgan fingerprint density at radius 3 is 2.48 bits per heavy atom. The summed E-state index contributed by atoms with van der Waals surface area (Å²) >= 11 is 0. The molecular formula is C24H26FNO3. The van der Waals surface area contributed by atoms with Gasteiger partial charge in [0.1, 0.15) is 12.4 Å². The molecule has 0 unspecified atom stereocenters. The minimum absolute atomic E-state index is 0.00172. The summed E-state index contributed by atoms with van der Waals surface area (Å²) in [6.07, 6.45) is 4.83. The van der Waals surface area contributed by atoms with Crippen LogP contribution in [0.5, 0.6) is 0 Å². The van der Waals surface area contributed by atoms with Crippen molar-refractivity contribution in [1.29, 1.82) is 0 Å². The van der Waals surface area contributed by atoms with Gasteiger partial charge in [-0.3, -0.25) is 9.59 Å². The quantitative estimate of drug-likeness (QED) is 0.528. The van der Waals surface area contributed by atoms with Crippen molar-refractivity contribution in [3.8, 4) is 11.1 Å². The van der Waals surface area contributed by atoms with E-state index >= 15 is 0 Å². The second kappa shape index (κ2) is 9.03. The highest BCUT2D eigenvalue weighted by molar-refractivity contribution is 5.88. The molecule has 0 bridgehead atoms. The lowest BCUT2D eigenvalue weighted by Crippen LogP contribution is -2.19. The normalized spacial score (nSPS) is 11.0. The SMILES string of the molecule is CCCCc1ccc(-c2cn(CC(=O)OCC)c3c(C)ccc(F)c3c2=O)cc1. The van der Waals surface area contributed by atoms with Crippen molar-refractivity contribution in [2.24, 2.45) is 0 Å². The third-order valence-electron chi connectivity index (χ3n) is 5.06. The van der Waals surface area contributed by atoms with Crippen LogP contribution in [0.15, 0.2) is 47.4 Å². The van der Waals surface area contributed by atoms with Gasteiger partial charge in [-0.15, -0.1) is 0 Å². The Bertz CT molecular complexity index is 1080. The molecule has 2 aromatic carbocycles. The average molecular weight is 395 g/mol. The molecule has 0 saturated heterocycles. The molecule has 4 nitrogen and oxygen atoms in total. The molecule has 0 aliphatic heterocycles. The van der Waals surface area contributed by atoms with Crippen molar-refractivity contribution < 1.29 is 13.9 Å². The van der Waals surface area contributed by atoms with E-state index in [4.69, 9.17) is 4.74 Å². The van der Waals surface area contributed by atoms with Gasteiger partial charge in [0.25, 0.3) is 0 Å². The Morgan fingerprint density at radius 1 is 1.10 bits per heavy atom. The van der Waals surface area contributed by atoms with Crippen LogP contribution in [0.2, 0.25) is 0 Å². The van der Waals surface area contributed by atoms with E-state index in [1.165, 1.54) is 11.6 Å². The van der Waals surface area contributed by atoms with Crippen LogP contribution in [0.4, 0.5) is 4.39 Å². The summed E-state index contributed by atoms with van der Waals surface area (Å²) in [6, 6.07) is 10.7. The van der Waals surface area contributed by atoms with Gasteiger partial charge in [-0.25, -0.2) is 4.39 Å². The maximum absolute atomic E-state index is 14.7. The van der Waals surface area contributed by atoms with Crippen molar-refractivity contribution in [2.75, 3.05) is 6.61 Å². The Balaban J connectivity index is 2.17. The molecule has 0 radical (unpaired) electrons. The molecule has 1 aromatic heterocycles. The van der Waals surface area contributed by atoms with Gasteiger partial charge >= 0.3 is 5.97 Å². The van der Waals surface area contributed by atoms with Gasteiger partial charge in [-0.1, -0.05) is 43.7 Å². The molecular weight excluding hydrogens is 369 g/mol. The van der Waals surface area contributed by atoms with E-state index in [-0.39, 0.29) is 24.0 Å². The number of rotatable bonds is 7. The summed E-state index contributed by atoms with van der Waals surface area (Å²) in [5, 5.41) is 0.00172. The molecule has 0 N–H and O–H groups in total. The van der Waals surface area contributed by atoms with E-state index in [2.05, 4.69) is 6.92 Å². The zero-order valence-electron chi connectivity index (χ0n) is 17.1. The zero-order chi connectivity index (χ0) is 21.0. The van der Waals surface area contributed by atoms with E-state index in [1.807, 2.05) is 24.3 Å². The number of nitrogens with zero attached hydrogens (tertiary/aromatic N) is 1. The largest absolute Gasteiger partial charge is 0.465 e. The van der Waals surface area contributed by atoms with Crippen LogP contribution in [-0.4, -0.2) is 17.1 Å². The monoisotopic (exact) mass is 395 g/mol. The van der Waals surface area contributed by atoms with Crippen LogP contribution < -0.4 is 5.43 Å². The van der Waals surface area contributed by atoms with Crippen LogP contribution in [0.3, 0.4) is 0 Å². The van der Waals surface area contributed by atoms with E-state index in [9.17, 15) is 14.0 Å². The second-order valence-electron chi connectivity index (χ2n) is 7.19. The van der Waals surface area contributed by atoms with Gasteiger partial charge in [0.05, 0.1) is 17.5 Å². The van der Waals surface area contributed by atoms with Crippen LogP contribution >= 0.6 is 0 Å². The van der Waals surface area contributed by atoms with E-state index < -0.39 is 11.8 Å². The summed E-state index contributed by atoms with van der Waals surface area (Å²) in [6.45, 7) is 5.85. The second-order valence-corrected chi connectivity index (χ2v) is 7.19. The number of carbonyl (C=O) groups excluding carboxylic acids is 1. The smallest absolute Gasteiger partial charge is 0.325 e. The molecule has 3 aromatic rings.